The van der Waals surface area contributed by atoms with Gasteiger partial charge in [0.2, 0.25) is 0 Å². The van der Waals surface area contributed by atoms with Crippen molar-refractivity contribution in [3.63, 3.8) is 0 Å². The van der Waals surface area contributed by atoms with Gasteiger partial charge in [-0.3, -0.25) is 9.78 Å². The second-order valence-electron chi connectivity index (χ2n) is 4.08. The summed E-state index contributed by atoms with van der Waals surface area (Å²) in [6.07, 6.45) is 3.41. The second kappa shape index (κ2) is 4.02. The van der Waals surface area contributed by atoms with E-state index in [4.69, 9.17) is 5.73 Å². The summed E-state index contributed by atoms with van der Waals surface area (Å²) < 4.78 is 1.67. The first-order valence-electron chi connectivity index (χ1n) is 5.53. The Kier molecular flexibility index (Phi) is 2.36. The van der Waals surface area contributed by atoms with Crippen LogP contribution in [-0.4, -0.2) is 25.0 Å². The number of nitrogens with two attached hydrogens (primary N) is 1. The molecule has 3 rings (SSSR count). The summed E-state index contributed by atoms with van der Waals surface area (Å²) in [5.74, 6) is 0.724. The maximum Gasteiger partial charge on any atom is 0.169 e. The fourth-order valence-corrected chi connectivity index (χ4v) is 1.80. The molecule has 2 heterocycles. The minimum atomic E-state index is 0.532. The van der Waals surface area contributed by atoms with Gasteiger partial charge in [0.1, 0.15) is 6.33 Å². The number of benzene rings is 1. The molecule has 7 nitrogen and oxygen atoms in total. The van der Waals surface area contributed by atoms with Gasteiger partial charge in [0.05, 0.1) is 29.6 Å². The maximum absolute atomic E-state index is 5.96. The molecular weight excluding hydrogens is 230 g/mol. The predicted octanol–water partition coefficient (Wildman–Crippen LogP) is 0.886. The topological polar surface area (TPSA) is 97.4 Å². The third kappa shape index (κ3) is 1.86. The van der Waals surface area contributed by atoms with Crippen LogP contribution in [0.25, 0.3) is 10.9 Å². The predicted molar refractivity (Wildman–Crippen MR) is 68.8 cm³/mol. The Balaban J connectivity index is 1.83. The molecule has 0 bridgehead atoms. The lowest BCUT2D eigenvalue weighted by molar-refractivity contribution is 0.747. The number of aromatic nitrogens is 5. The third-order valence-corrected chi connectivity index (χ3v) is 2.69. The molecule has 0 radical (unpaired) electrons. The molecule has 0 saturated carbocycles. The number of H-pyrrole nitrogens is 1. The molecule has 0 aliphatic heterocycles. The Bertz CT molecular complexity index is 682. The van der Waals surface area contributed by atoms with Crippen LogP contribution >= 0.6 is 0 Å². The van der Waals surface area contributed by atoms with E-state index in [1.54, 1.807) is 17.2 Å². The molecule has 1 aromatic carbocycles. The molecule has 0 aliphatic carbocycles. The molecular formula is C11H13N7. The van der Waals surface area contributed by atoms with Gasteiger partial charge in [-0.1, -0.05) is 0 Å². The van der Waals surface area contributed by atoms with Crippen LogP contribution in [-0.2, 0) is 13.6 Å². The first kappa shape index (κ1) is 10.6. The normalized spacial score (nSPS) is 10.9. The quantitative estimate of drug-likeness (QED) is 0.593. The number of nitrogens with zero attached hydrogens (tertiary/aromatic N) is 4. The van der Waals surface area contributed by atoms with Crippen LogP contribution < -0.4 is 11.1 Å². The van der Waals surface area contributed by atoms with E-state index in [1.165, 1.54) is 0 Å². The number of nitrogen functional groups attached to an aromatic ring is 1. The van der Waals surface area contributed by atoms with Crippen LogP contribution in [0.1, 0.15) is 5.82 Å². The van der Waals surface area contributed by atoms with Crippen molar-refractivity contribution in [1.29, 1.82) is 0 Å². The maximum atomic E-state index is 5.96. The van der Waals surface area contributed by atoms with Gasteiger partial charge in [-0.25, -0.2) is 4.98 Å². The molecule has 2 aromatic heterocycles. The van der Waals surface area contributed by atoms with Crippen LogP contribution in [0.2, 0.25) is 0 Å². The van der Waals surface area contributed by atoms with Crippen molar-refractivity contribution < 1.29 is 0 Å². The van der Waals surface area contributed by atoms with E-state index in [-0.39, 0.29) is 0 Å². The van der Waals surface area contributed by atoms with Crippen molar-refractivity contribution >= 4 is 22.3 Å². The van der Waals surface area contributed by atoms with E-state index in [0.717, 1.165) is 22.4 Å². The summed E-state index contributed by atoms with van der Waals surface area (Å²) in [4.78, 5) is 4.14. The smallest absolute Gasteiger partial charge is 0.169 e. The lowest BCUT2D eigenvalue weighted by Crippen LogP contribution is -2.04. The van der Waals surface area contributed by atoms with Crippen molar-refractivity contribution in [2.45, 2.75) is 6.54 Å². The Morgan fingerprint density at radius 3 is 3.11 bits per heavy atom. The van der Waals surface area contributed by atoms with Gasteiger partial charge in [-0.2, -0.15) is 10.2 Å². The van der Waals surface area contributed by atoms with Crippen molar-refractivity contribution in [3.05, 3.63) is 30.5 Å². The Morgan fingerprint density at radius 2 is 2.33 bits per heavy atom. The summed E-state index contributed by atoms with van der Waals surface area (Å²) in [6, 6.07) is 3.81. The zero-order valence-electron chi connectivity index (χ0n) is 9.88. The number of fused-ring (bicyclic) bond motifs is 1. The summed E-state index contributed by atoms with van der Waals surface area (Å²) in [5.41, 5.74) is 8.44. The molecule has 0 atom stereocenters. The molecule has 0 saturated heterocycles. The minimum absolute atomic E-state index is 0.532. The molecule has 92 valence electrons. The molecule has 0 fully saturated rings. The average molecular weight is 243 g/mol. The van der Waals surface area contributed by atoms with Crippen LogP contribution in [0.5, 0.6) is 0 Å². The minimum Gasteiger partial charge on any atom is -0.397 e. The first-order valence-corrected chi connectivity index (χ1v) is 5.53. The number of aryl methyl sites for hydroxylation is 1. The monoisotopic (exact) mass is 243 g/mol. The molecule has 0 spiro atoms. The molecule has 0 aliphatic rings. The summed E-state index contributed by atoms with van der Waals surface area (Å²) >= 11 is 0. The van der Waals surface area contributed by atoms with E-state index in [2.05, 4.69) is 25.6 Å². The summed E-state index contributed by atoms with van der Waals surface area (Å²) in [5, 5.41) is 15.3. The fourth-order valence-electron chi connectivity index (χ4n) is 1.80. The number of aromatic amines is 1. The number of hydrogen-bond donors (Lipinski definition) is 3. The molecule has 4 N–H and O–H groups in total. The summed E-state index contributed by atoms with van der Waals surface area (Å²) in [7, 11) is 1.83. The number of anilines is 2. The Labute approximate surface area is 103 Å². The van der Waals surface area contributed by atoms with Crippen molar-refractivity contribution in [2.24, 2.45) is 7.05 Å². The lowest BCUT2D eigenvalue weighted by Gasteiger charge is -2.07. The zero-order chi connectivity index (χ0) is 12.5. The second-order valence-corrected chi connectivity index (χ2v) is 4.08. The van der Waals surface area contributed by atoms with Gasteiger partial charge in [0.25, 0.3) is 0 Å². The van der Waals surface area contributed by atoms with E-state index in [1.807, 2.05) is 19.2 Å². The number of nitrogens with one attached hydrogen (secondary N) is 2. The van der Waals surface area contributed by atoms with Crippen molar-refractivity contribution in [3.8, 4) is 0 Å². The Hall–Kier alpha value is -2.57. The van der Waals surface area contributed by atoms with Crippen molar-refractivity contribution in [2.75, 3.05) is 11.1 Å². The fraction of sp³-hybridized carbons (Fsp3) is 0.182. The summed E-state index contributed by atoms with van der Waals surface area (Å²) in [6.45, 7) is 0.532. The van der Waals surface area contributed by atoms with Crippen LogP contribution in [0.3, 0.4) is 0 Å². The third-order valence-electron chi connectivity index (χ3n) is 2.69. The number of hydrogen-bond acceptors (Lipinski definition) is 5. The first-order chi connectivity index (χ1) is 8.72. The van der Waals surface area contributed by atoms with E-state index >= 15 is 0 Å². The highest BCUT2D eigenvalue weighted by Crippen LogP contribution is 2.24. The zero-order valence-corrected chi connectivity index (χ0v) is 9.88. The van der Waals surface area contributed by atoms with Gasteiger partial charge in [-0.05, 0) is 12.1 Å². The average Bonchev–Trinajstić information content (AvgIpc) is 2.94. The van der Waals surface area contributed by atoms with Gasteiger partial charge in [0, 0.05) is 12.4 Å². The van der Waals surface area contributed by atoms with Gasteiger partial charge in [0.15, 0.2) is 5.82 Å². The van der Waals surface area contributed by atoms with Gasteiger partial charge < -0.3 is 11.1 Å². The Morgan fingerprint density at radius 1 is 1.44 bits per heavy atom. The van der Waals surface area contributed by atoms with Crippen LogP contribution in [0.15, 0.2) is 24.7 Å². The highest BCUT2D eigenvalue weighted by molar-refractivity contribution is 5.88. The molecule has 7 heteroatoms. The molecule has 0 amide bonds. The SMILES string of the molecule is Cn1cnc(CNc2cc3[nH]ncc3cc2N)n1. The highest BCUT2D eigenvalue weighted by atomic mass is 15.3. The standard InChI is InChI=1S/C11H13N7/c1-18-6-14-11(17-18)5-13-10-3-9-7(2-8(10)12)4-15-16-9/h2-4,6,13H,5,12H2,1H3,(H,15,16). The molecule has 3 aromatic rings. The highest BCUT2D eigenvalue weighted by Gasteiger charge is 2.05. The number of rotatable bonds is 3. The lowest BCUT2D eigenvalue weighted by atomic mass is 10.2. The molecule has 0 unspecified atom stereocenters. The van der Waals surface area contributed by atoms with E-state index < -0.39 is 0 Å². The van der Waals surface area contributed by atoms with E-state index in [9.17, 15) is 0 Å². The van der Waals surface area contributed by atoms with Crippen LogP contribution in [0, 0.1) is 0 Å². The van der Waals surface area contributed by atoms with Crippen molar-refractivity contribution in [1.82, 2.24) is 25.0 Å². The largest absolute Gasteiger partial charge is 0.397 e. The van der Waals surface area contributed by atoms with Crippen LogP contribution in [0.4, 0.5) is 11.4 Å². The van der Waals surface area contributed by atoms with Gasteiger partial charge in [-0.15, -0.1) is 0 Å². The van der Waals surface area contributed by atoms with E-state index in [0.29, 0.717) is 12.2 Å². The van der Waals surface area contributed by atoms with Gasteiger partial charge >= 0.3 is 0 Å². The molecule has 18 heavy (non-hydrogen) atoms.